The van der Waals surface area contributed by atoms with E-state index in [1.807, 2.05) is 6.07 Å². The van der Waals surface area contributed by atoms with Crippen LogP contribution in [0.3, 0.4) is 0 Å². The highest BCUT2D eigenvalue weighted by atomic mass is 35.5. The van der Waals surface area contributed by atoms with E-state index < -0.39 is 0 Å². The van der Waals surface area contributed by atoms with Gasteiger partial charge in [-0.05, 0) is 63.3 Å². The van der Waals surface area contributed by atoms with Crippen LogP contribution in [0.4, 0.5) is 4.39 Å². The molecule has 0 radical (unpaired) electrons. The topological polar surface area (TPSA) is 12.0 Å². The van der Waals surface area contributed by atoms with E-state index in [2.05, 4.69) is 39.9 Å². The smallest absolute Gasteiger partial charge is 0.142 e. The van der Waals surface area contributed by atoms with Crippen molar-refractivity contribution in [2.24, 2.45) is 5.41 Å². The fourth-order valence-corrected chi connectivity index (χ4v) is 2.18. The second-order valence-electron chi connectivity index (χ2n) is 7.02. The van der Waals surface area contributed by atoms with Crippen molar-refractivity contribution in [1.29, 1.82) is 0 Å². The molecule has 1 N–H and O–H groups in total. The van der Waals surface area contributed by atoms with E-state index in [1.54, 1.807) is 12.1 Å². The van der Waals surface area contributed by atoms with Crippen LogP contribution in [0.2, 0.25) is 5.02 Å². The van der Waals surface area contributed by atoms with Gasteiger partial charge in [-0.2, -0.15) is 0 Å². The molecule has 1 aromatic carbocycles. The van der Waals surface area contributed by atoms with Crippen LogP contribution in [0.15, 0.2) is 18.2 Å². The number of nitrogens with one attached hydrogen (secondary N) is 1. The Morgan fingerprint density at radius 2 is 1.79 bits per heavy atom. The van der Waals surface area contributed by atoms with Crippen molar-refractivity contribution in [1.82, 2.24) is 5.32 Å². The molecule has 0 aliphatic rings. The molecule has 1 rings (SSSR count). The van der Waals surface area contributed by atoms with Crippen molar-refractivity contribution < 1.29 is 4.39 Å². The predicted molar refractivity (Wildman–Crippen MR) is 81.3 cm³/mol. The normalized spacial score (nSPS) is 12.8. The molecule has 0 aromatic heterocycles. The molecule has 0 atom stereocenters. The van der Waals surface area contributed by atoms with E-state index in [0.29, 0.717) is 0 Å². The molecule has 108 valence electrons. The van der Waals surface area contributed by atoms with E-state index in [-0.39, 0.29) is 21.8 Å². The van der Waals surface area contributed by atoms with E-state index in [9.17, 15) is 4.39 Å². The standard InChI is InChI=1S/C16H25ClFN/c1-15(2,3)19-9-8-16(4,5)11-12-6-7-13(17)14(18)10-12/h6-7,10,19H,8-9,11H2,1-5H3. The first-order valence-corrected chi connectivity index (χ1v) is 7.16. The summed E-state index contributed by atoms with van der Waals surface area (Å²) < 4.78 is 13.4. The highest BCUT2D eigenvalue weighted by Gasteiger charge is 2.20. The Kier molecular flexibility index (Phi) is 5.40. The van der Waals surface area contributed by atoms with Crippen LogP contribution in [0.25, 0.3) is 0 Å². The fourth-order valence-electron chi connectivity index (χ4n) is 2.07. The minimum absolute atomic E-state index is 0.137. The molecular weight excluding hydrogens is 261 g/mol. The van der Waals surface area contributed by atoms with Gasteiger partial charge >= 0.3 is 0 Å². The number of hydrogen-bond acceptors (Lipinski definition) is 1. The average Bonchev–Trinajstić information content (AvgIpc) is 2.20. The molecule has 0 fully saturated rings. The Morgan fingerprint density at radius 1 is 1.16 bits per heavy atom. The molecule has 1 aromatic rings. The third-order valence-electron chi connectivity index (χ3n) is 3.12. The zero-order chi connectivity index (χ0) is 14.7. The van der Waals surface area contributed by atoms with Crippen LogP contribution in [0.1, 0.15) is 46.6 Å². The minimum Gasteiger partial charge on any atom is -0.312 e. The Morgan fingerprint density at radius 3 is 2.32 bits per heavy atom. The fraction of sp³-hybridized carbons (Fsp3) is 0.625. The van der Waals surface area contributed by atoms with Gasteiger partial charge in [-0.25, -0.2) is 4.39 Å². The zero-order valence-corrected chi connectivity index (χ0v) is 13.4. The van der Waals surface area contributed by atoms with Gasteiger partial charge in [0, 0.05) is 5.54 Å². The van der Waals surface area contributed by atoms with Gasteiger partial charge in [-0.3, -0.25) is 0 Å². The Hall–Kier alpha value is -0.600. The highest BCUT2D eigenvalue weighted by Crippen LogP contribution is 2.27. The van der Waals surface area contributed by atoms with Crippen molar-refractivity contribution in [3.63, 3.8) is 0 Å². The van der Waals surface area contributed by atoms with Crippen molar-refractivity contribution in [3.05, 3.63) is 34.6 Å². The first-order valence-electron chi connectivity index (χ1n) is 6.78. The highest BCUT2D eigenvalue weighted by molar-refractivity contribution is 6.30. The zero-order valence-electron chi connectivity index (χ0n) is 12.6. The third-order valence-corrected chi connectivity index (χ3v) is 3.43. The number of hydrogen-bond donors (Lipinski definition) is 1. The number of halogens is 2. The molecule has 0 amide bonds. The van der Waals surface area contributed by atoms with Crippen molar-refractivity contribution in [3.8, 4) is 0 Å². The lowest BCUT2D eigenvalue weighted by molar-refractivity contribution is 0.302. The Labute approximate surface area is 121 Å². The van der Waals surface area contributed by atoms with Gasteiger partial charge in [0.2, 0.25) is 0 Å². The molecular formula is C16H25ClFN. The molecule has 0 spiro atoms. The van der Waals surface area contributed by atoms with Crippen molar-refractivity contribution >= 4 is 11.6 Å². The first-order chi connectivity index (χ1) is 8.59. The third kappa shape index (κ3) is 6.40. The van der Waals surface area contributed by atoms with Gasteiger partial charge in [0.1, 0.15) is 5.82 Å². The molecule has 1 nitrogen and oxygen atoms in total. The maximum atomic E-state index is 13.4. The average molecular weight is 286 g/mol. The maximum Gasteiger partial charge on any atom is 0.142 e. The van der Waals surface area contributed by atoms with Crippen LogP contribution in [-0.2, 0) is 6.42 Å². The Balaban J connectivity index is 2.56. The van der Waals surface area contributed by atoms with Crippen molar-refractivity contribution in [2.45, 2.75) is 53.0 Å². The molecule has 0 bridgehead atoms. The summed E-state index contributed by atoms with van der Waals surface area (Å²) in [5.41, 5.74) is 1.28. The van der Waals surface area contributed by atoms with Gasteiger partial charge < -0.3 is 5.32 Å². The summed E-state index contributed by atoms with van der Waals surface area (Å²) in [7, 11) is 0. The lowest BCUT2D eigenvalue weighted by atomic mass is 9.82. The van der Waals surface area contributed by atoms with E-state index in [4.69, 9.17) is 11.6 Å². The molecule has 19 heavy (non-hydrogen) atoms. The minimum atomic E-state index is -0.331. The lowest BCUT2D eigenvalue weighted by Gasteiger charge is -2.28. The SMILES string of the molecule is CC(C)(CCNC(C)(C)C)Cc1ccc(Cl)c(F)c1. The van der Waals surface area contributed by atoms with Crippen LogP contribution in [-0.4, -0.2) is 12.1 Å². The second kappa shape index (κ2) is 6.23. The van der Waals surface area contributed by atoms with Gasteiger partial charge in [0.15, 0.2) is 0 Å². The van der Waals surface area contributed by atoms with Gasteiger partial charge in [-0.15, -0.1) is 0 Å². The monoisotopic (exact) mass is 285 g/mol. The van der Waals surface area contributed by atoms with Gasteiger partial charge in [-0.1, -0.05) is 31.5 Å². The summed E-state index contributed by atoms with van der Waals surface area (Å²) in [6.07, 6.45) is 1.90. The molecule has 0 unspecified atom stereocenters. The maximum absolute atomic E-state index is 13.4. The van der Waals surface area contributed by atoms with Crippen LogP contribution in [0.5, 0.6) is 0 Å². The van der Waals surface area contributed by atoms with E-state index >= 15 is 0 Å². The van der Waals surface area contributed by atoms with Crippen LogP contribution >= 0.6 is 11.6 Å². The van der Waals surface area contributed by atoms with Gasteiger partial charge in [0.05, 0.1) is 5.02 Å². The van der Waals surface area contributed by atoms with E-state index in [0.717, 1.165) is 24.9 Å². The second-order valence-corrected chi connectivity index (χ2v) is 7.42. The molecule has 0 heterocycles. The molecule has 3 heteroatoms. The molecule has 0 saturated carbocycles. The number of benzene rings is 1. The summed E-state index contributed by atoms with van der Waals surface area (Å²) in [5.74, 6) is -0.331. The van der Waals surface area contributed by atoms with E-state index in [1.165, 1.54) is 0 Å². The largest absolute Gasteiger partial charge is 0.312 e. The summed E-state index contributed by atoms with van der Waals surface area (Å²) >= 11 is 5.70. The summed E-state index contributed by atoms with van der Waals surface area (Å²) in [6, 6.07) is 5.08. The summed E-state index contributed by atoms with van der Waals surface area (Å²) in [6.45, 7) is 11.9. The summed E-state index contributed by atoms with van der Waals surface area (Å²) in [4.78, 5) is 0. The lowest BCUT2D eigenvalue weighted by Crippen LogP contribution is -2.38. The van der Waals surface area contributed by atoms with Crippen LogP contribution < -0.4 is 5.32 Å². The summed E-state index contributed by atoms with van der Waals surface area (Å²) in [5, 5.41) is 3.68. The van der Waals surface area contributed by atoms with Crippen molar-refractivity contribution in [2.75, 3.05) is 6.54 Å². The predicted octanol–water partition coefficient (Wildman–Crippen LogP) is 4.83. The first kappa shape index (κ1) is 16.5. The Bertz CT molecular complexity index is 421. The quantitative estimate of drug-likeness (QED) is 0.817. The van der Waals surface area contributed by atoms with Gasteiger partial charge in [0.25, 0.3) is 0 Å². The molecule has 0 aliphatic carbocycles. The van der Waals surface area contributed by atoms with Crippen LogP contribution in [0, 0.1) is 11.2 Å². The number of rotatable bonds is 5. The molecule has 0 saturated heterocycles. The molecule has 0 aliphatic heterocycles.